The summed E-state index contributed by atoms with van der Waals surface area (Å²) >= 11 is 0. The van der Waals surface area contributed by atoms with Gasteiger partial charge in [0.25, 0.3) is 0 Å². The molecule has 0 N–H and O–H groups in total. The molecule has 0 bridgehead atoms. The molecule has 2 amide bonds. The van der Waals surface area contributed by atoms with E-state index < -0.39 is 0 Å². The number of nitrogens with zero attached hydrogens (tertiary/aromatic N) is 2. The van der Waals surface area contributed by atoms with Gasteiger partial charge in [-0.05, 0) is 18.1 Å². The molecule has 1 atom stereocenters. The number of morpholine rings is 1. The summed E-state index contributed by atoms with van der Waals surface area (Å²) in [7, 11) is 0. The number of anilines is 1. The fourth-order valence-corrected chi connectivity index (χ4v) is 3.22. The second-order valence-electron chi connectivity index (χ2n) is 5.83. The third kappa shape index (κ3) is 2.86. The average Bonchev–Trinajstić information content (AvgIpc) is 2.96. The SMILES string of the molecule is CCc1ccccc1N1CC(C(=O)N2CCOCC2)CC1=O. The Labute approximate surface area is 130 Å². The molecule has 2 saturated heterocycles. The molecule has 0 aliphatic carbocycles. The normalized spacial score (nSPS) is 22.2. The molecule has 1 aromatic rings. The predicted octanol–water partition coefficient (Wildman–Crippen LogP) is 1.46. The monoisotopic (exact) mass is 302 g/mol. The Hall–Kier alpha value is -1.88. The number of hydrogen-bond donors (Lipinski definition) is 0. The quantitative estimate of drug-likeness (QED) is 0.849. The molecule has 1 aromatic carbocycles. The summed E-state index contributed by atoms with van der Waals surface area (Å²) in [6.07, 6.45) is 1.19. The molecular formula is C17H22N2O3. The molecule has 2 heterocycles. The molecule has 0 spiro atoms. The van der Waals surface area contributed by atoms with Crippen LogP contribution in [0.15, 0.2) is 24.3 Å². The first-order valence-electron chi connectivity index (χ1n) is 7.95. The Bertz CT molecular complexity index is 567. The van der Waals surface area contributed by atoms with Crippen LogP contribution in [-0.4, -0.2) is 49.6 Å². The number of rotatable bonds is 3. The van der Waals surface area contributed by atoms with Crippen molar-refractivity contribution in [2.45, 2.75) is 19.8 Å². The molecule has 3 rings (SSSR count). The Morgan fingerprint density at radius 3 is 2.73 bits per heavy atom. The summed E-state index contributed by atoms with van der Waals surface area (Å²) in [5.74, 6) is -0.0869. The maximum atomic E-state index is 12.6. The van der Waals surface area contributed by atoms with Gasteiger partial charge in [0.15, 0.2) is 0 Å². The van der Waals surface area contributed by atoms with Gasteiger partial charge in [0.2, 0.25) is 11.8 Å². The van der Waals surface area contributed by atoms with Crippen LogP contribution in [0.2, 0.25) is 0 Å². The Kier molecular flexibility index (Phi) is 4.43. The van der Waals surface area contributed by atoms with Crippen LogP contribution in [-0.2, 0) is 20.7 Å². The van der Waals surface area contributed by atoms with E-state index in [4.69, 9.17) is 4.74 Å². The van der Waals surface area contributed by atoms with E-state index in [9.17, 15) is 9.59 Å². The van der Waals surface area contributed by atoms with E-state index in [-0.39, 0.29) is 17.7 Å². The highest BCUT2D eigenvalue weighted by Gasteiger charge is 2.37. The summed E-state index contributed by atoms with van der Waals surface area (Å²) in [4.78, 5) is 28.5. The highest BCUT2D eigenvalue weighted by atomic mass is 16.5. The molecule has 2 aliphatic heterocycles. The zero-order valence-corrected chi connectivity index (χ0v) is 13.0. The second kappa shape index (κ2) is 6.48. The smallest absolute Gasteiger partial charge is 0.228 e. The maximum absolute atomic E-state index is 12.6. The van der Waals surface area contributed by atoms with Crippen molar-refractivity contribution >= 4 is 17.5 Å². The van der Waals surface area contributed by atoms with Gasteiger partial charge in [-0.3, -0.25) is 9.59 Å². The van der Waals surface area contributed by atoms with Crippen molar-refractivity contribution in [1.82, 2.24) is 4.90 Å². The summed E-state index contributed by atoms with van der Waals surface area (Å²) in [6, 6.07) is 7.94. The maximum Gasteiger partial charge on any atom is 0.228 e. The molecule has 5 heteroatoms. The number of para-hydroxylation sites is 1. The van der Waals surface area contributed by atoms with Crippen LogP contribution in [0.1, 0.15) is 18.9 Å². The lowest BCUT2D eigenvalue weighted by Gasteiger charge is -2.29. The van der Waals surface area contributed by atoms with Gasteiger partial charge in [-0.25, -0.2) is 0 Å². The largest absolute Gasteiger partial charge is 0.378 e. The average molecular weight is 302 g/mol. The van der Waals surface area contributed by atoms with Crippen LogP contribution in [0.4, 0.5) is 5.69 Å². The summed E-state index contributed by atoms with van der Waals surface area (Å²) in [6.45, 7) is 5.02. The van der Waals surface area contributed by atoms with E-state index in [2.05, 4.69) is 6.92 Å². The van der Waals surface area contributed by atoms with Crippen LogP contribution < -0.4 is 4.90 Å². The molecule has 1 unspecified atom stereocenters. The first-order chi connectivity index (χ1) is 10.7. The van der Waals surface area contributed by atoms with E-state index >= 15 is 0 Å². The second-order valence-corrected chi connectivity index (χ2v) is 5.83. The molecular weight excluding hydrogens is 280 g/mol. The topological polar surface area (TPSA) is 49.9 Å². The minimum absolute atomic E-state index is 0.0486. The van der Waals surface area contributed by atoms with Gasteiger partial charge >= 0.3 is 0 Å². The van der Waals surface area contributed by atoms with Crippen LogP contribution in [0.3, 0.4) is 0 Å². The zero-order valence-electron chi connectivity index (χ0n) is 13.0. The number of carbonyl (C=O) groups is 2. The van der Waals surface area contributed by atoms with Gasteiger partial charge in [0.1, 0.15) is 0 Å². The minimum Gasteiger partial charge on any atom is -0.378 e. The van der Waals surface area contributed by atoms with Gasteiger partial charge in [-0.1, -0.05) is 25.1 Å². The van der Waals surface area contributed by atoms with E-state index in [1.807, 2.05) is 29.2 Å². The van der Waals surface area contributed by atoms with Crippen molar-refractivity contribution in [2.75, 3.05) is 37.7 Å². The predicted molar refractivity (Wildman–Crippen MR) is 83.7 cm³/mol. The minimum atomic E-state index is -0.226. The summed E-state index contributed by atoms with van der Waals surface area (Å²) < 4.78 is 5.28. The van der Waals surface area contributed by atoms with E-state index in [0.717, 1.165) is 17.7 Å². The standard InChI is InChI=1S/C17H22N2O3/c1-2-13-5-3-4-6-15(13)19-12-14(11-16(19)20)17(21)18-7-9-22-10-8-18/h3-6,14H,2,7-12H2,1H3. The lowest BCUT2D eigenvalue weighted by Crippen LogP contribution is -2.44. The van der Waals surface area contributed by atoms with E-state index in [1.165, 1.54) is 0 Å². The molecule has 22 heavy (non-hydrogen) atoms. The Balaban J connectivity index is 1.74. The van der Waals surface area contributed by atoms with Crippen LogP contribution in [0.5, 0.6) is 0 Å². The molecule has 118 valence electrons. The van der Waals surface area contributed by atoms with Crippen LogP contribution >= 0.6 is 0 Å². The van der Waals surface area contributed by atoms with Crippen molar-refractivity contribution < 1.29 is 14.3 Å². The van der Waals surface area contributed by atoms with Gasteiger partial charge in [-0.2, -0.15) is 0 Å². The van der Waals surface area contributed by atoms with Crippen LogP contribution in [0.25, 0.3) is 0 Å². The highest BCUT2D eigenvalue weighted by molar-refractivity contribution is 6.00. The summed E-state index contributed by atoms with van der Waals surface area (Å²) in [5, 5.41) is 0. The zero-order chi connectivity index (χ0) is 15.5. The van der Waals surface area contributed by atoms with Gasteiger partial charge in [-0.15, -0.1) is 0 Å². The number of hydrogen-bond acceptors (Lipinski definition) is 3. The van der Waals surface area contributed by atoms with Crippen molar-refractivity contribution in [1.29, 1.82) is 0 Å². The molecule has 2 fully saturated rings. The lowest BCUT2D eigenvalue weighted by molar-refractivity contribution is -0.139. The highest BCUT2D eigenvalue weighted by Crippen LogP contribution is 2.29. The third-order valence-corrected chi connectivity index (χ3v) is 4.46. The Morgan fingerprint density at radius 2 is 2.00 bits per heavy atom. The van der Waals surface area contributed by atoms with Crippen molar-refractivity contribution in [3.8, 4) is 0 Å². The molecule has 2 aliphatic rings. The number of aryl methyl sites for hydroxylation is 1. The number of benzene rings is 1. The van der Waals surface area contributed by atoms with Gasteiger partial charge < -0.3 is 14.5 Å². The van der Waals surface area contributed by atoms with Crippen LogP contribution in [0, 0.1) is 5.92 Å². The van der Waals surface area contributed by atoms with Gasteiger partial charge in [0, 0.05) is 31.7 Å². The van der Waals surface area contributed by atoms with E-state index in [1.54, 1.807) is 4.90 Å². The first-order valence-corrected chi connectivity index (χ1v) is 7.95. The number of carbonyl (C=O) groups excluding carboxylic acids is 2. The molecule has 0 radical (unpaired) electrons. The fraction of sp³-hybridized carbons (Fsp3) is 0.529. The van der Waals surface area contributed by atoms with E-state index in [0.29, 0.717) is 39.3 Å². The first kappa shape index (κ1) is 15.0. The molecule has 0 aromatic heterocycles. The molecule has 0 saturated carbocycles. The lowest BCUT2D eigenvalue weighted by atomic mass is 10.1. The Morgan fingerprint density at radius 1 is 1.27 bits per heavy atom. The molecule has 5 nitrogen and oxygen atoms in total. The number of amides is 2. The summed E-state index contributed by atoms with van der Waals surface area (Å²) in [5.41, 5.74) is 2.10. The van der Waals surface area contributed by atoms with Crippen molar-refractivity contribution in [3.05, 3.63) is 29.8 Å². The van der Waals surface area contributed by atoms with Crippen molar-refractivity contribution in [2.24, 2.45) is 5.92 Å². The van der Waals surface area contributed by atoms with Gasteiger partial charge in [0.05, 0.1) is 19.1 Å². The van der Waals surface area contributed by atoms with Crippen molar-refractivity contribution in [3.63, 3.8) is 0 Å². The fourth-order valence-electron chi connectivity index (χ4n) is 3.22. The number of ether oxygens (including phenoxy) is 1. The third-order valence-electron chi connectivity index (χ3n) is 4.46.